The van der Waals surface area contributed by atoms with Gasteiger partial charge in [0.15, 0.2) is 0 Å². The van der Waals surface area contributed by atoms with Crippen molar-refractivity contribution >= 4 is 0 Å². The lowest BCUT2D eigenvalue weighted by molar-refractivity contribution is 0.772. The second kappa shape index (κ2) is 64.2. The molecule has 0 saturated heterocycles. The SMILES string of the molecule is CCC.CCC.CCC.CCCCC.CCCCC. The van der Waals surface area contributed by atoms with E-state index < -0.39 is 0 Å². The summed E-state index contributed by atoms with van der Waals surface area (Å²) in [6.45, 7) is 21.6. The zero-order valence-electron chi connectivity index (χ0n) is 16.4. The summed E-state index contributed by atoms with van der Waals surface area (Å²) in [6, 6.07) is 0. The molecule has 0 radical (unpaired) electrons. The van der Waals surface area contributed by atoms with Crippen LogP contribution in [0.15, 0.2) is 0 Å². The molecule has 0 saturated carbocycles. The molecule has 0 aliphatic rings. The summed E-state index contributed by atoms with van der Waals surface area (Å²) in [6.07, 6.45) is 11.9. The number of hydrogen-bond acceptors (Lipinski definition) is 0. The van der Waals surface area contributed by atoms with Crippen LogP contribution in [-0.4, -0.2) is 0 Å². The van der Waals surface area contributed by atoms with Crippen molar-refractivity contribution in [1.29, 1.82) is 0 Å². The molecule has 0 aromatic heterocycles. The van der Waals surface area contributed by atoms with Crippen molar-refractivity contribution < 1.29 is 0 Å². The fourth-order valence-electron chi connectivity index (χ4n) is 0.707. The third-order valence-electron chi connectivity index (χ3n) is 1.41. The van der Waals surface area contributed by atoms with Crippen LogP contribution < -0.4 is 0 Å². The summed E-state index contributed by atoms with van der Waals surface area (Å²) >= 11 is 0. The molecule has 0 amide bonds. The van der Waals surface area contributed by atoms with E-state index in [0.29, 0.717) is 0 Å². The Hall–Kier alpha value is 0. The first-order valence-electron chi connectivity index (χ1n) is 9.07. The highest BCUT2D eigenvalue weighted by Crippen LogP contribution is 1.88. The van der Waals surface area contributed by atoms with Gasteiger partial charge in [0.25, 0.3) is 0 Å². The van der Waals surface area contributed by atoms with Gasteiger partial charge in [-0.25, -0.2) is 0 Å². The Morgan fingerprint density at radius 3 is 0.421 bits per heavy atom. The first-order chi connectivity index (χ1) is 9.07. The van der Waals surface area contributed by atoms with Crippen LogP contribution in [0.5, 0.6) is 0 Å². The summed E-state index contributed by atoms with van der Waals surface area (Å²) < 4.78 is 0. The largest absolute Gasteiger partial charge is 0.0656 e. The minimum atomic E-state index is 1.25. The van der Waals surface area contributed by atoms with Gasteiger partial charge in [-0.15, -0.1) is 0 Å². The van der Waals surface area contributed by atoms with Crippen molar-refractivity contribution in [2.24, 2.45) is 0 Å². The molecule has 0 aromatic rings. The zero-order chi connectivity index (χ0) is 16.4. The van der Waals surface area contributed by atoms with E-state index in [4.69, 9.17) is 0 Å². The summed E-state index contributed by atoms with van der Waals surface area (Å²) in [4.78, 5) is 0. The molecule has 0 heteroatoms. The fraction of sp³-hybridized carbons (Fsp3) is 1.00. The molecule has 0 aliphatic carbocycles. The maximum Gasteiger partial charge on any atom is -0.0538 e. The van der Waals surface area contributed by atoms with Gasteiger partial charge in [-0.3, -0.25) is 0 Å². The molecular formula is C19H48. The van der Waals surface area contributed by atoms with Crippen LogP contribution in [0.4, 0.5) is 0 Å². The van der Waals surface area contributed by atoms with Crippen LogP contribution in [0.3, 0.4) is 0 Å². The van der Waals surface area contributed by atoms with E-state index in [9.17, 15) is 0 Å². The monoisotopic (exact) mass is 276 g/mol. The second-order valence-corrected chi connectivity index (χ2v) is 4.83. The van der Waals surface area contributed by atoms with Gasteiger partial charge in [-0.05, 0) is 0 Å². The summed E-state index contributed by atoms with van der Waals surface area (Å²) in [5.74, 6) is 0. The Morgan fingerprint density at radius 1 is 0.316 bits per heavy atom. The molecule has 0 rings (SSSR count). The average Bonchev–Trinajstić information content (AvgIpc) is 2.35. The molecule has 0 atom stereocenters. The molecule has 0 bridgehead atoms. The quantitative estimate of drug-likeness (QED) is 0.482. The molecule has 124 valence electrons. The average molecular weight is 277 g/mol. The molecule has 0 heterocycles. The highest BCUT2D eigenvalue weighted by atomic mass is 13.7. The van der Waals surface area contributed by atoms with Crippen LogP contribution in [-0.2, 0) is 0 Å². The van der Waals surface area contributed by atoms with Crippen LogP contribution in [0, 0.1) is 0 Å². The van der Waals surface area contributed by atoms with Gasteiger partial charge in [0.2, 0.25) is 0 Å². The van der Waals surface area contributed by atoms with Gasteiger partial charge < -0.3 is 0 Å². The molecule has 19 heavy (non-hydrogen) atoms. The van der Waals surface area contributed by atoms with Gasteiger partial charge >= 0.3 is 0 Å². The van der Waals surface area contributed by atoms with Gasteiger partial charge in [-0.1, -0.05) is 127 Å². The third-order valence-corrected chi connectivity index (χ3v) is 1.41. The lowest BCUT2D eigenvalue weighted by Gasteiger charge is -1.79. The second-order valence-electron chi connectivity index (χ2n) is 4.83. The van der Waals surface area contributed by atoms with E-state index in [-0.39, 0.29) is 0 Å². The number of hydrogen-bond donors (Lipinski definition) is 0. The highest BCUT2D eigenvalue weighted by molar-refractivity contribution is 4.24. The smallest absolute Gasteiger partial charge is 0.0538 e. The summed E-state index contributed by atoms with van der Waals surface area (Å²) in [5, 5.41) is 0. The maximum absolute atomic E-state index is 2.21. The Balaban J connectivity index is -0.0000000442. The molecule has 0 fully saturated rings. The van der Waals surface area contributed by atoms with Crippen molar-refractivity contribution in [1.82, 2.24) is 0 Å². The van der Waals surface area contributed by atoms with E-state index in [1.807, 2.05) is 0 Å². The third kappa shape index (κ3) is 288. The standard InChI is InChI=1S/2C5H12.3C3H8/c2*1-3-5-4-2;3*1-3-2/h2*3-5H2,1-2H3;3*3H2,1-2H3. The van der Waals surface area contributed by atoms with Gasteiger partial charge in [-0.2, -0.15) is 0 Å². The lowest BCUT2D eigenvalue weighted by atomic mass is 10.3. The van der Waals surface area contributed by atoms with E-state index in [2.05, 4.69) is 69.2 Å². The van der Waals surface area contributed by atoms with Gasteiger partial charge in [0, 0.05) is 0 Å². The van der Waals surface area contributed by atoms with Crippen LogP contribution in [0.1, 0.15) is 127 Å². The minimum Gasteiger partial charge on any atom is -0.0656 e. The van der Waals surface area contributed by atoms with Crippen molar-refractivity contribution in [2.45, 2.75) is 127 Å². The fourth-order valence-corrected chi connectivity index (χ4v) is 0.707. The molecule has 0 nitrogen and oxygen atoms in total. The first kappa shape index (κ1) is 31.4. The Bertz CT molecular complexity index is 42.3. The Morgan fingerprint density at radius 2 is 0.421 bits per heavy atom. The Labute approximate surface area is 127 Å². The molecule has 0 spiro atoms. The highest BCUT2D eigenvalue weighted by Gasteiger charge is 1.68. The van der Waals surface area contributed by atoms with Crippen molar-refractivity contribution in [3.8, 4) is 0 Å². The zero-order valence-corrected chi connectivity index (χ0v) is 16.4. The predicted octanol–water partition coefficient (Wildman–Crippen LogP) is 8.64. The minimum absolute atomic E-state index is 1.25. The van der Waals surface area contributed by atoms with E-state index in [1.165, 1.54) is 57.8 Å². The van der Waals surface area contributed by atoms with Gasteiger partial charge in [0.05, 0.1) is 0 Å². The number of unbranched alkanes of at least 4 members (excludes halogenated alkanes) is 4. The molecule has 0 unspecified atom stereocenters. The van der Waals surface area contributed by atoms with Crippen molar-refractivity contribution in [3.05, 3.63) is 0 Å². The van der Waals surface area contributed by atoms with Crippen LogP contribution >= 0.6 is 0 Å². The summed E-state index contributed by atoms with van der Waals surface area (Å²) in [7, 11) is 0. The molecule has 0 N–H and O–H groups in total. The number of rotatable bonds is 4. The molecule has 0 aromatic carbocycles. The normalized spacial score (nSPS) is 7.26. The van der Waals surface area contributed by atoms with Crippen LogP contribution in [0.25, 0.3) is 0 Å². The molecular weight excluding hydrogens is 228 g/mol. The molecule has 0 aliphatic heterocycles. The lowest BCUT2D eigenvalue weighted by Crippen LogP contribution is -1.59. The van der Waals surface area contributed by atoms with E-state index in [1.54, 1.807) is 0 Å². The summed E-state index contributed by atoms with van der Waals surface area (Å²) in [5.41, 5.74) is 0. The Kier molecular flexibility index (Phi) is 106. The first-order valence-corrected chi connectivity index (χ1v) is 9.07. The maximum atomic E-state index is 2.21. The van der Waals surface area contributed by atoms with Gasteiger partial charge in [0.1, 0.15) is 0 Å². The van der Waals surface area contributed by atoms with Crippen molar-refractivity contribution in [3.63, 3.8) is 0 Å². The van der Waals surface area contributed by atoms with E-state index in [0.717, 1.165) is 0 Å². The predicted molar refractivity (Wildman–Crippen MR) is 98.3 cm³/mol. The van der Waals surface area contributed by atoms with E-state index >= 15 is 0 Å². The topological polar surface area (TPSA) is 0 Å². The van der Waals surface area contributed by atoms with Crippen LogP contribution in [0.2, 0.25) is 0 Å². The van der Waals surface area contributed by atoms with Crippen molar-refractivity contribution in [2.75, 3.05) is 0 Å².